The molecule has 1 aliphatic carbocycles. The Morgan fingerprint density at radius 2 is 2.44 bits per heavy atom. The summed E-state index contributed by atoms with van der Waals surface area (Å²) in [6.07, 6.45) is 6.93. The van der Waals surface area contributed by atoms with Crippen molar-refractivity contribution in [2.24, 2.45) is 13.0 Å². The van der Waals surface area contributed by atoms with Gasteiger partial charge in [-0.05, 0) is 25.2 Å². The molecule has 4 nitrogen and oxygen atoms in total. The molecule has 4 heteroatoms. The lowest BCUT2D eigenvalue weighted by Crippen LogP contribution is -2.30. The van der Waals surface area contributed by atoms with Crippen LogP contribution >= 0.6 is 0 Å². The summed E-state index contributed by atoms with van der Waals surface area (Å²) in [6, 6.07) is 0.585. The van der Waals surface area contributed by atoms with Crippen LogP contribution in [0.25, 0.3) is 0 Å². The fourth-order valence-corrected chi connectivity index (χ4v) is 2.40. The predicted molar refractivity (Wildman–Crippen MR) is 63.0 cm³/mol. The summed E-state index contributed by atoms with van der Waals surface area (Å²) in [4.78, 5) is 0. The molecule has 2 N–H and O–H groups in total. The minimum absolute atomic E-state index is 0.440. The Hall–Kier alpha value is -0.870. The second-order valence-electron chi connectivity index (χ2n) is 4.99. The normalized spacial score (nSPS) is 27.2. The van der Waals surface area contributed by atoms with Gasteiger partial charge in [0.1, 0.15) is 0 Å². The predicted octanol–water partition coefficient (Wildman–Crippen LogP) is 1.23. The first-order valence-electron chi connectivity index (χ1n) is 6.05. The molecule has 0 aliphatic heterocycles. The zero-order valence-corrected chi connectivity index (χ0v) is 10.1. The van der Waals surface area contributed by atoms with Crippen LogP contribution in [-0.4, -0.2) is 27.5 Å². The van der Waals surface area contributed by atoms with E-state index in [2.05, 4.69) is 17.3 Å². The first kappa shape index (κ1) is 11.6. The topological polar surface area (TPSA) is 50.1 Å². The maximum Gasteiger partial charge on any atom is 0.0944 e. The highest BCUT2D eigenvalue weighted by Gasteiger charge is 2.21. The summed E-state index contributed by atoms with van der Waals surface area (Å²) in [5, 5.41) is 17.4. The average Bonchev–Trinajstić information content (AvgIpc) is 2.84. The van der Waals surface area contributed by atoms with Gasteiger partial charge in [0, 0.05) is 31.4 Å². The van der Waals surface area contributed by atoms with E-state index in [1.54, 1.807) is 10.9 Å². The summed E-state index contributed by atoms with van der Waals surface area (Å²) in [5.41, 5.74) is 0.890. The zero-order chi connectivity index (χ0) is 11.5. The molecular weight excluding hydrogens is 202 g/mol. The van der Waals surface area contributed by atoms with Crippen LogP contribution in [0.3, 0.4) is 0 Å². The average molecular weight is 223 g/mol. The van der Waals surface area contributed by atoms with E-state index in [1.165, 1.54) is 19.3 Å². The number of aryl methyl sites for hydroxylation is 1. The Morgan fingerprint density at radius 1 is 1.62 bits per heavy atom. The minimum atomic E-state index is -0.440. The van der Waals surface area contributed by atoms with Crippen molar-refractivity contribution in [1.82, 2.24) is 15.1 Å². The van der Waals surface area contributed by atoms with Gasteiger partial charge in [0.05, 0.1) is 12.3 Å². The van der Waals surface area contributed by atoms with Crippen molar-refractivity contribution in [3.63, 3.8) is 0 Å². The molecule has 2 rings (SSSR count). The molecule has 1 aliphatic rings. The lowest BCUT2D eigenvalue weighted by Gasteiger charge is -2.15. The van der Waals surface area contributed by atoms with Gasteiger partial charge >= 0.3 is 0 Å². The van der Waals surface area contributed by atoms with Gasteiger partial charge in [-0.3, -0.25) is 4.68 Å². The number of aliphatic hydroxyl groups is 1. The van der Waals surface area contributed by atoms with E-state index < -0.39 is 6.10 Å². The SMILES string of the molecule is CC1CCC(NCC(O)c2cnn(C)c2)C1. The van der Waals surface area contributed by atoms with Crippen molar-refractivity contribution in [3.05, 3.63) is 18.0 Å². The van der Waals surface area contributed by atoms with Crippen molar-refractivity contribution in [1.29, 1.82) is 0 Å². The number of hydrogen-bond donors (Lipinski definition) is 2. The van der Waals surface area contributed by atoms with Crippen LogP contribution < -0.4 is 5.32 Å². The molecule has 1 aromatic heterocycles. The molecule has 1 heterocycles. The zero-order valence-electron chi connectivity index (χ0n) is 10.1. The number of nitrogens with zero attached hydrogens (tertiary/aromatic N) is 2. The Kier molecular flexibility index (Phi) is 3.61. The van der Waals surface area contributed by atoms with Crippen molar-refractivity contribution in [2.45, 2.75) is 38.3 Å². The third kappa shape index (κ3) is 2.83. The molecule has 0 radical (unpaired) electrons. The molecule has 0 bridgehead atoms. The molecule has 16 heavy (non-hydrogen) atoms. The molecule has 1 saturated carbocycles. The second-order valence-corrected chi connectivity index (χ2v) is 4.99. The Labute approximate surface area is 96.7 Å². The maximum absolute atomic E-state index is 9.94. The third-order valence-corrected chi connectivity index (χ3v) is 3.40. The largest absolute Gasteiger partial charge is 0.387 e. The molecule has 1 aromatic rings. The molecule has 0 spiro atoms. The van der Waals surface area contributed by atoms with E-state index >= 15 is 0 Å². The van der Waals surface area contributed by atoms with Gasteiger partial charge in [-0.1, -0.05) is 6.92 Å². The number of rotatable bonds is 4. The first-order chi connectivity index (χ1) is 7.65. The first-order valence-corrected chi connectivity index (χ1v) is 6.05. The fraction of sp³-hybridized carbons (Fsp3) is 0.750. The third-order valence-electron chi connectivity index (χ3n) is 3.40. The van der Waals surface area contributed by atoms with E-state index in [0.717, 1.165) is 11.5 Å². The van der Waals surface area contributed by atoms with Crippen LogP contribution in [0.2, 0.25) is 0 Å². The Bertz CT molecular complexity index is 337. The van der Waals surface area contributed by atoms with E-state index in [0.29, 0.717) is 12.6 Å². The lowest BCUT2D eigenvalue weighted by molar-refractivity contribution is 0.169. The van der Waals surface area contributed by atoms with Crippen molar-refractivity contribution in [2.75, 3.05) is 6.54 Å². The second kappa shape index (κ2) is 4.97. The van der Waals surface area contributed by atoms with Crippen LogP contribution in [0.1, 0.15) is 37.9 Å². The van der Waals surface area contributed by atoms with E-state index in [9.17, 15) is 5.11 Å². The summed E-state index contributed by atoms with van der Waals surface area (Å²) in [7, 11) is 1.86. The Morgan fingerprint density at radius 3 is 3.00 bits per heavy atom. The summed E-state index contributed by atoms with van der Waals surface area (Å²) in [5.74, 6) is 0.827. The fourth-order valence-electron chi connectivity index (χ4n) is 2.40. The minimum Gasteiger partial charge on any atom is -0.387 e. The van der Waals surface area contributed by atoms with Gasteiger partial charge in [0.2, 0.25) is 0 Å². The van der Waals surface area contributed by atoms with E-state index in [1.807, 2.05) is 13.2 Å². The molecule has 3 atom stereocenters. The molecule has 1 fully saturated rings. The number of nitrogens with one attached hydrogen (secondary N) is 1. The molecule has 3 unspecified atom stereocenters. The lowest BCUT2D eigenvalue weighted by atomic mass is 10.1. The quantitative estimate of drug-likeness (QED) is 0.807. The number of aromatic nitrogens is 2. The molecule has 0 amide bonds. The van der Waals surface area contributed by atoms with Crippen LogP contribution in [0, 0.1) is 5.92 Å². The summed E-state index contributed by atoms with van der Waals surface area (Å²) >= 11 is 0. The van der Waals surface area contributed by atoms with Crippen LogP contribution in [0.5, 0.6) is 0 Å². The van der Waals surface area contributed by atoms with Gasteiger partial charge in [0.15, 0.2) is 0 Å². The summed E-state index contributed by atoms with van der Waals surface area (Å²) in [6.45, 7) is 2.92. The van der Waals surface area contributed by atoms with Crippen molar-refractivity contribution < 1.29 is 5.11 Å². The van der Waals surface area contributed by atoms with Gasteiger partial charge in [0.25, 0.3) is 0 Å². The van der Waals surface area contributed by atoms with Crippen LogP contribution in [0.15, 0.2) is 12.4 Å². The van der Waals surface area contributed by atoms with Gasteiger partial charge < -0.3 is 10.4 Å². The van der Waals surface area contributed by atoms with Gasteiger partial charge in [-0.2, -0.15) is 5.10 Å². The van der Waals surface area contributed by atoms with Crippen molar-refractivity contribution >= 4 is 0 Å². The highest BCUT2D eigenvalue weighted by atomic mass is 16.3. The Balaban J connectivity index is 1.77. The highest BCUT2D eigenvalue weighted by Crippen LogP contribution is 2.24. The summed E-state index contributed by atoms with van der Waals surface area (Å²) < 4.78 is 1.72. The van der Waals surface area contributed by atoms with E-state index in [-0.39, 0.29) is 0 Å². The molecule has 0 aromatic carbocycles. The molecule has 90 valence electrons. The van der Waals surface area contributed by atoms with Crippen LogP contribution in [-0.2, 0) is 7.05 Å². The standard InChI is InChI=1S/C12H21N3O/c1-9-3-4-11(5-9)13-7-12(16)10-6-14-15(2)8-10/h6,8-9,11-13,16H,3-5,7H2,1-2H3. The smallest absolute Gasteiger partial charge is 0.0944 e. The monoisotopic (exact) mass is 223 g/mol. The molecular formula is C12H21N3O. The van der Waals surface area contributed by atoms with E-state index in [4.69, 9.17) is 0 Å². The van der Waals surface area contributed by atoms with Crippen molar-refractivity contribution in [3.8, 4) is 0 Å². The number of aliphatic hydroxyl groups excluding tert-OH is 1. The van der Waals surface area contributed by atoms with Gasteiger partial charge in [-0.15, -0.1) is 0 Å². The maximum atomic E-state index is 9.94. The molecule has 0 saturated heterocycles. The number of hydrogen-bond acceptors (Lipinski definition) is 3. The highest BCUT2D eigenvalue weighted by molar-refractivity contribution is 5.08. The van der Waals surface area contributed by atoms with Crippen LogP contribution in [0.4, 0.5) is 0 Å². The van der Waals surface area contributed by atoms with Gasteiger partial charge in [-0.25, -0.2) is 0 Å².